The highest BCUT2D eigenvalue weighted by atomic mass is 15.2. The number of rotatable bonds is 7. The van der Waals surface area contributed by atoms with Crippen molar-refractivity contribution in [3.63, 3.8) is 0 Å². The minimum atomic E-state index is 0.0950. The third kappa shape index (κ3) is 4.31. The summed E-state index contributed by atoms with van der Waals surface area (Å²) in [5.41, 5.74) is 1.51. The van der Waals surface area contributed by atoms with Gasteiger partial charge in [-0.2, -0.15) is 0 Å². The average molecular weight is 288 g/mol. The second kappa shape index (κ2) is 7.95. The molecule has 0 aromatic heterocycles. The van der Waals surface area contributed by atoms with Crippen molar-refractivity contribution in [1.82, 2.24) is 10.2 Å². The minimum absolute atomic E-state index is 0.0950. The average Bonchev–Trinajstić information content (AvgIpc) is 2.52. The van der Waals surface area contributed by atoms with Crippen LogP contribution in [0.1, 0.15) is 58.4 Å². The van der Waals surface area contributed by atoms with E-state index in [1.54, 1.807) is 0 Å². The first-order chi connectivity index (χ1) is 10.2. The van der Waals surface area contributed by atoms with E-state index in [2.05, 4.69) is 61.3 Å². The molecule has 1 N–H and O–H groups in total. The maximum Gasteiger partial charge on any atom is 0.0535 e. The summed E-state index contributed by atoms with van der Waals surface area (Å²) in [6.07, 6.45) is 6.65. The zero-order valence-electron chi connectivity index (χ0n) is 14.1. The molecule has 2 rings (SSSR count). The van der Waals surface area contributed by atoms with Crippen molar-refractivity contribution >= 4 is 0 Å². The van der Waals surface area contributed by atoms with Gasteiger partial charge in [0.2, 0.25) is 0 Å². The fraction of sp³-hybridized carbons (Fsp3) is 0.684. The molecule has 0 bridgehead atoms. The van der Waals surface area contributed by atoms with Gasteiger partial charge >= 0.3 is 0 Å². The molecule has 2 unspecified atom stereocenters. The van der Waals surface area contributed by atoms with E-state index >= 15 is 0 Å². The van der Waals surface area contributed by atoms with Gasteiger partial charge in [-0.25, -0.2) is 0 Å². The summed E-state index contributed by atoms with van der Waals surface area (Å²) in [4.78, 5) is 2.74. The molecular weight excluding hydrogens is 256 g/mol. The molecular formula is C19H32N2. The lowest BCUT2D eigenvalue weighted by atomic mass is 9.88. The largest absolute Gasteiger partial charge is 0.305 e. The Morgan fingerprint density at radius 1 is 1.14 bits per heavy atom. The lowest BCUT2D eigenvalue weighted by molar-refractivity contribution is 0.0884. The quantitative estimate of drug-likeness (QED) is 0.810. The maximum absolute atomic E-state index is 3.75. The Kier molecular flexibility index (Phi) is 6.25. The Morgan fingerprint density at radius 2 is 1.90 bits per heavy atom. The summed E-state index contributed by atoms with van der Waals surface area (Å²) < 4.78 is 0. The zero-order chi connectivity index (χ0) is 15.1. The summed E-state index contributed by atoms with van der Waals surface area (Å²) in [6.45, 7) is 10.4. The van der Waals surface area contributed by atoms with Crippen LogP contribution in [0.15, 0.2) is 30.3 Å². The molecule has 118 valence electrons. The molecule has 2 heteroatoms. The number of benzene rings is 1. The van der Waals surface area contributed by atoms with Crippen LogP contribution >= 0.6 is 0 Å². The summed E-state index contributed by atoms with van der Waals surface area (Å²) >= 11 is 0. The number of hydrogen-bond donors (Lipinski definition) is 1. The summed E-state index contributed by atoms with van der Waals surface area (Å²) in [6, 6.07) is 11.7. The highest BCUT2D eigenvalue weighted by molar-refractivity contribution is 5.25. The van der Waals surface area contributed by atoms with E-state index in [-0.39, 0.29) is 5.54 Å². The van der Waals surface area contributed by atoms with Crippen molar-refractivity contribution in [3.05, 3.63) is 35.9 Å². The van der Waals surface area contributed by atoms with Crippen LogP contribution in [0.4, 0.5) is 0 Å². The van der Waals surface area contributed by atoms with Crippen molar-refractivity contribution < 1.29 is 0 Å². The van der Waals surface area contributed by atoms with Gasteiger partial charge < -0.3 is 5.32 Å². The Morgan fingerprint density at radius 3 is 2.57 bits per heavy atom. The van der Waals surface area contributed by atoms with Gasteiger partial charge in [0.15, 0.2) is 0 Å². The van der Waals surface area contributed by atoms with Crippen LogP contribution in [-0.2, 0) is 5.54 Å². The smallest absolute Gasteiger partial charge is 0.0535 e. The zero-order valence-corrected chi connectivity index (χ0v) is 14.1. The fourth-order valence-electron chi connectivity index (χ4n) is 3.61. The molecule has 1 aliphatic heterocycles. The van der Waals surface area contributed by atoms with Crippen molar-refractivity contribution in [2.45, 2.75) is 64.5 Å². The van der Waals surface area contributed by atoms with Gasteiger partial charge in [-0.1, -0.05) is 63.4 Å². The van der Waals surface area contributed by atoms with Gasteiger partial charge in [-0.05, 0) is 25.3 Å². The van der Waals surface area contributed by atoms with Crippen molar-refractivity contribution in [2.75, 3.05) is 19.6 Å². The van der Waals surface area contributed by atoms with Gasteiger partial charge in [-0.3, -0.25) is 4.90 Å². The van der Waals surface area contributed by atoms with E-state index in [1.807, 2.05) is 0 Å². The first-order valence-corrected chi connectivity index (χ1v) is 8.74. The molecule has 1 saturated heterocycles. The Labute approximate surface area is 130 Å². The summed E-state index contributed by atoms with van der Waals surface area (Å²) in [5.74, 6) is 0. The first-order valence-electron chi connectivity index (χ1n) is 8.74. The predicted molar refractivity (Wildman–Crippen MR) is 91.6 cm³/mol. The number of nitrogens with zero attached hydrogens (tertiary/aromatic N) is 1. The monoisotopic (exact) mass is 288 g/mol. The van der Waals surface area contributed by atoms with Crippen LogP contribution in [0.3, 0.4) is 0 Å². The normalized spacial score (nSPS) is 24.9. The summed E-state index contributed by atoms with van der Waals surface area (Å²) in [7, 11) is 0. The molecule has 0 radical (unpaired) electrons. The van der Waals surface area contributed by atoms with Crippen LogP contribution in [0.25, 0.3) is 0 Å². The molecule has 1 aliphatic rings. The van der Waals surface area contributed by atoms with Gasteiger partial charge in [0.1, 0.15) is 0 Å². The van der Waals surface area contributed by atoms with E-state index in [1.165, 1.54) is 44.2 Å². The highest BCUT2D eigenvalue weighted by Crippen LogP contribution is 2.27. The van der Waals surface area contributed by atoms with E-state index in [0.717, 1.165) is 19.1 Å². The van der Waals surface area contributed by atoms with Crippen LogP contribution in [0.5, 0.6) is 0 Å². The molecule has 1 fully saturated rings. The van der Waals surface area contributed by atoms with Crippen LogP contribution in [0, 0.1) is 0 Å². The number of unbranched alkanes of at least 4 members (excludes halogenated alkanes) is 1. The molecule has 2 nitrogen and oxygen atoms in total. The number of piperazine rings is 1. The third-order valence-corrected chi connectivity index (χ3v) is 4.87. The topological polar surface area (TPSA) is 15.3 Å². The Bertz CT molecular complexity index is 403. The maximum atomic E-state index is 3.75. The van der Waals surface area contributed by atoms with Gasteiger partial charge in [-0.15, -0.1) is 0 Å². The second-order valence-electron chi connectivity index (χ2n) is 6.68. The van der Waals surface area contributed by atoms with E-state index in [4.69, 9.17) is 0 Å². The van der Waals surface area contributed by atoms with Crippen LogP contribution < -0.4 is 5.32 Å². The second-order valence-corrected chi connectivity index (χ2v) is 6.68. The molecule has 0 saturated carbocycles. The van der Waals surface area contributed by atoms with E-state index in [0.29, 0.717) is 0 Å². The van der Waals surface area contributed by atoms with E-state index in [9.17, 15) is 0 Å². The number of hydrogen-bond acceptors (Lipinski definition) is 2. The van der Waals surface area contributed by atoms with Crippen molar-refractivity contribution in [3.8, 4) is 0 Å². The van der Waals surface area contributed by atoms with Gasteiger partial charge in [0, 0.05) is 25.7 Å². The van der Waals surface area contributed by atoms with E-state index < -0.39 is 0 Å². The number of nitrogens with one attached hydrogen (secondary N) is 1. The molecule has 21 heavy (non-hydrogen) atoms. The van der Waals surface area contributed by atoms with Gasteiger partial charge in [0.25, 0.3) is 0 Å². The molecule has 0 amide bonds. The lowest BCUT2D eigenvalue weighted by Gasteiger charge is -2.45. The predicted octanol–water partition coefficient (Wildman–Crippen LogP) is 4.17. The summed E-state index contributed by atoms with van der Waals surface area (Å²) in [5, 5.41) is 3.75. The molecule has 1 aromatic rings. The molecule has 0 aliphatic carbocycles. The van der Waals surface area contributed by atoms with Crippen molar-refractivity contribution in [1.29, 1.82) is 0 Å². The standard InChI is InChI=1S/C19H32N2/c1-4-6-13-18(10-5-2)21-15-14-20-19(3,16-21)17-11-8-7-9-12-17/h7-9,11-12,18,20H,4-6,10,13-16H2,1-3H3. The molecule has 1 heterocycles. The SMILES string of the molecule is CCCCC(CCC)N1CCNC(C)(c2ccccc2)C1. The van der Waals surface area contributed by atoms with Crippen LogP contribution in [-0.4, -0.2) is 30.6 Å². The first kappa shape index (κ1) is 16.5. The fourth-order valence-corrected chi connectivity index (χ4v) is 3.61. The van der Waals surface area contributed by atoms with Crippen LogP contribution in [0.2, 0.25) is 0 Å². The molecule has 2 atom stereocenters. The molecule has 0 spiro atoms. The Hall–Kier alpha value is -0.860. The molecule has 1 aromatic carbocycles. The third-order valence-electron chi connectivity index (χ3n) is 4.87. The highest BCUT2D eigenvalue weighted by Gasteiger charge is 2.34. The lowest BCUT2D eigenvalue weighted by Crippen LogP contribution is -2.59. The minimum Gasteiger partial charge on any atom is -0.305 e. The Balaban J connectivity index is 2.07. The van der Waals surface area contributed by atoms with Gasteiger partial charge in [0.05, 0.1) is 5.54 Å². The van der Waals surface area contributed by atoms with Crippen molar-refractivity contribution in [2.24, 2.45) is 0 Å².